The van der Waals surface area contributed by atoms with Gasteiger partial charge in [0.1, 0.15) is 5.69 Å². The van der Waals surface area contributed by atoms with Crippen molar-refractivity contribution in [2.24, 2.45) is 0 Å². The molecule has 114 valence electrons. The quantitative estimate of drug-likeness (QED) is 0.905. The molecule has 0 saturated carbocycles. The molecular weight excluding hydrogens is 270 g/mol. The molecule has 1 N–H and O–H groups in total. The summed E-state index contributed by atoms with van der Waals surface area (Å²) < 4.78 is 5.48. The highest BCUT2D eigenvalue weighted by molar-refractivity contribution is 5.92. The molecule has 1 aliphatic heterocycles. The van der Waals surface area contributed by atoms with E-state index in [-0.39, 0.29) is 24.0 Å². The summed E-state index contributed by atoms with van der Waals surface area (Å²) in [5.41, 5.74) is 0.327. The van der Waals surface area contributed by atoms with E-state index >= 15 is 0 Å². The second-order valence-corrected chi connectivity index (χ2v) is 5.51. The normalized spacial score (nSPS) is 18.8. The van der Waals surface area contributed by atoms with Crippen molar-refractivity contribution in [1.82, 2.24) is 15.2 Å². The number of nitrogens with zero attached hydrogens (tertiary/aromatic N) is 2. The van der Waals surface area contributed by atoms with Crippen LogP contribution in [0.15, 0.2) is 18.2 Å². The average molecular weight is 291 g/mol. The first-order chi connectivity index (χ1) is 9.95. The van der Waals surface area contributed by atoms with Crippen LogP contribution in [0.1, 0.15) is 37.2 Å². The van der Waals surface area contributed by atoms with Gasteiger partial charge in [0.05, 0.1) is 6.10 Å². The molecule has 6 nitrogen and oxygen atoms in total. The van der Waals surface area contributed by atoms with Gasteiger partial charge in [-0.1, -0.05) is 6.07 Å². The highest BCUT2D eigenvalue weighted by Crippen LogP contribution is 2.12. The topological polar surface area (TPSA) is 71.5 Å². The molecule has 1 saturated heterocycles. The van der Waals surface area contributed by atoms with Crippen LogP contribution in [0.2, 0.25) is 0 Å². The van der Waals surface area contributed by atoms with Crippen LogP contribution in [0.3, 0.4) is 0 Å². The Kier molecular flexibility index (Phi) is 4.77. The Balaban J connectivity index is 1.98. The first-order valence-corrected chi connectivity index (χ1v) is 7.14. The van der Waals surface area contributed by atoms with Gasteiger partial charge in [0, 0.05) is 32.1 Å². The van der Waals surface area contributed by atoms with Crippen LogP contribution in [0.5, 0.6) is 5.88 Å². The minimum absolute atomic E-state index is 0.00816. The van der Waals surface area contributed by atoms with Gasteiger partial charge in [-0.15, -0.1) is 0 Å². The SMILES string of the molecule is CC(C)Oc1cccc(C(=O)NC2CCC(=O)N(C)C2)n1. The first-order valence-electron chi connectivity index (χ1n) is 7.14. The van der Waals surface area contributed by atoms with Crippen molar-refractivity contribution in [2.45, 2.75) is 38.8 Å². The monoisotopic (exact) mass is 291 g/mol. The van der Waals surface area contributed by atoms with Gasteiger partial charge in [0.2, 0.25) is 11.8 Å². The third kappa shape index (κ3) is 4.18. The minimum atomic E-state index is -0.239. The number of likely N-dealkylation sites (N-methyl/N-ethyl adjacent to an activating group) is 1. The highest BCUT2D eigenvalue weighted by atomic mass is 16.5. The number of nitrogens with one attached hydrogen (secondary N) is 1. The molecule has 0 aromatic carbocycles. The van der Waals surface area contributed by atoms with Crippen LogP contribution in [-0.4, -0.2) is 47.4 Å². The van der Waals surface area contributed by atoms with Crippen molar-refractivity contribution < 1.29 is 14.3 Å². The molecule has 1 atom stereocenters. The molecule has 1 unspecified atom stereocenters. The lowest BCUT2D eigenvalue weighted by Gasteiger charge is -2.30. The van der Waals surface area contributed by atoms with Gasteiger partial charge in [0.15, 0.2) is 0 Å². The van der Waals surface area contributed by atoms with E-state index in [1.165, 1.54) is 0 Å². The van der Waals surface area contributed by atoms with E-state index in [9.17, 15) is 9.59 Å². The predicted octanol–water partition coefficient (Wildman–Crippen LogP) is 1.22. The van der Waals surface area contributed by atoms with Gasteiger partial charge in [-0.25, -0.2) is 4.98 Å². The molecular formula is C15H21N3O3. The molecule has 2 amide bonds. The number of likely N-dealkylation sites (tertiary alicyclic amines) is 1. The molecule has 6 heteroatoms. The average Bonchev–Trinajstić information content (AvgIpc) is 2.42. The fraction of sp³-hybridized carbons (Fsp3) is 0.533. The Morgan fingerprint density at radius 3 is 2.90 bits per heavy atom. The number of carbonyl (C=O) groups excluding carboxylic acids is 2. The zero-order valence-corrected chi connectivity index (χ0v) is 12.6. The number of carbonyl (C=O) groups is 2. The molecule has 0 aliphatic carbocycles. The summed E-state index contributed by atoms with van der Waals surface area (Å²) in [6, 6.07) is 5.09. The Morgan fingerprint density at radius 1 is 1.48 bits per heavy atom. The number of hydrogen-bond acceptors (Lipinski definition) is 4. The molecule has 21 heavy (non-hydrogen) atoms. The van der Waals surface area contributed by atoms with E-state index in [1.54, 1.807) is 30.1 Å². The molecule has 1 aromatic rings. The number of piperidine rings is 1. The zero-order valence-electron chi connectivity index (χ0n) is 12.6. The van der Waals surface area contributed by atoms with Gasteiger partial charge in [-0.3, -0.25) is 9.59 Å². The van der Waals surface area contributed by atoms with Crippen LogP contribution in [0.25, 0.3) is 0 Å². The maximum atomic E-state index is 12.2. The fourth-order valence-corrected chi connectivity index (χ4v) is 2.24. The van der Waals surface area contributed by atoms with Gasteiger partial charge in [-0.2, -0.15) is 0 Å². The second-order valence-electron chi connectivity index (χ2n) is 5.51. The third-order valence-electron chi connectivity index (χ3n) is 3.27. The minimum Gasteiger partial charge on any atom is -0.475 e. The third-order valence-corrected chi connectivity index (χ3v) is 3.27. The van der Waals surface area contributed by atoms with Crippen LogP contribution in [0.4, 0.5) is 0 Å². The molecule has 0 bridgehead atoms. The maximum Gasteiger partial charge on any atom is 0.270 e. The number of hydrogen-bond donors (Lipinski definition) is 1. The Bertz CT molecular complexity index is 531. The number of aromatic nitrogens is 1. The predicted molar refractivity (Wildman–Crippen MR) is 78.1 cm³/mol. The van der Waals surface area contributed by atoms with Crippen molar-refractivity contribution in [3.8, 4) is 5.88 Å². The molecule has 1 aromatic heterocycles. The van der Waals surface area contributed by atoms with Crippen LogP contribution in [-0.2, 0) is 4.79 Å². The zero-order chi connectivity index (χ0) is 15.4. The van der Waals surface area contributed by atoms with Crippen molar-refractivity contribution >= 4 is 11.8 Å². The Hall–Kier alpha value is -2.11. The summed E-state index contributed by atoms with van der Waals surface area (Å²) in [4.78, 5) is 29.5. The molecule has 0 spiro atoms. The van der Waals surface area contributed by atoms with Gasteiger partial charge >= 0.3 is 0 Å². The van der Waals surface area contributed by atoms with Crippen molar-refractivity contribution in [3.63, 3.8) is 0 Å². The standard InChI is InChI=1S/C15H21N3O3/c1-10(2)21-13-6-4-5-12(17-13)15(20)16-11-7-8-14(19)18(3)9-11/h4-6,10-11H,7-9H2,1-3H3,(H,16,20). The summed E-state index contributed by atoms with van der Waals surface area (Å²) in [6.07, 6.45) is 1.14. The molecule has 2 rings (SSSR count). The largest absolute Gasteiger partial charge is 0.475 e. The van der Waals surface area contributed by atoms with Crippen LogP contribution in [0, 0.1) is 0 Å². The maximum absolute atomic E-state index is 12.2. The van der Waals surface area contributed by atoms with E-state index in [0.717, 1.165) is 0 Å². The van der Waals surface area contributed by atoms with E-state index in [0.29, 0.717) is 31.0 Å². The lowest BCUT2D eigenvalue weighted by atomic mass is 10.1. The van der Waals surface area contributed by atoms with E-state index in [4.69, 9.17) is 4.74 Å². The Morgan fingerprint density at radius 2 is 2.24 bits per heavy atom. The van der Waals surface area contributed by atoms with Gasteiger partial charge in [0.25, 0.3) is 5.91 Å². The molecule has 0 radical (unpaired) electrons. The summed E-state index contributed by atoms with van der Waals surface area (Å²) in [5.74, 6) is 0.316. The Labute approximate surface area is 124 Å². The van der Waals surface area contributed by atoms with Crippen molar-refractivity contribution in [2.75, 3.05) is 13.6 Å². The van der Waals surface area contributed by atoms with E-state index in [1.807, 2.05) is 13.8 Å². The number of rotatable bonds is 4. The number of pyridine rings is 1. The lowest BCUT2D eigenvalue weighted by Crippen LogP contribution is -2.48. The summed E-state index contributed by atoms with van der Waals surface area (Å²) in [5, 5.41) is 2.92. The first kappa shape index (κ1) is 15.3. The van der Waals surface area contributed by atoms with Gasteiger partial charge in [-0.05, 0) is 26.3 Å². The highest BCUT2D eigenvalue weighted by Gasteiger charge is 2.24. The van der Waals surface area contributed by atoms with Crippen LogP contribution < -0.4 is 10.1 Å². The summed E-state index contributed by atoms with van der Waals surface area (Å²) in [7, 11) is 1.75. The van der Waals surface area contributed by atoms with Gasteiger partial charge < -0.3 is 15.0 Å². The molecule has 1 aliphatic rings. The number of ether oxygens (including phenoxy) is 1. The van der Waals surface area contributed by atoms with E-state index < -0.39 is 0 Å². The number of amides is 2. The smallest absolute Gasteiger partial charge is 0.270 e. The van der Waals surface area contributed by atoms with Crippen LogP contribution >= 0.6 is 0 Å². The summed E-state index contributed by atoms with van der Waals surface area (Å²) >= 11 is 0. The second kappa shape index (κ2) is 6.56. The summed E-state index contributed by atoms with van der Waals surface area (Å²) in [6.45, 7) is 4.35. The van der Waals surface area contributed by atoms with E-state index in [2.05, 4.69) is 10.3 Å². The fourth-order valence-electron chi connectivity index (χ4n) is 2.24. The molecule has 2 heterocycles. The van der Waals surface area contributed by atoms with Crippen molar-refractivity contribution in [1.29, 1.82) is 0 Å². The molecule has 1 fully saturated rings. The van der Waals surface area contributed by atoms with Crippen molar-refractivity contribution in [3.05, 3.63) is 23.9 Å². The lowest BCUT2D eigenvalue weighted by molar-refractivity contribution is -0.132.